The molecule has 0 saturated heterocycles. The van der Waals surface area contributed by atoms with Gasteiger partial charge in [0.15, 0.2) is 12.6 Å². The van der Waals surface area contributed by atoms with Crippen molar-refractivity contribution >= 4 is 27.9 Å². The number of nitrogens with zero attached hydrogens (tertiary/aromatic N) is 1. The Labute approximate surface area is 110 Å². The van der Waals surface area contributed by atoms with Crippen LogP contribution < -0.4 is 4.90 Å². The maximum atomic E-state index is 11.0. The molecule has 0 saturated carbocycles. The number of carbonyl (C=O) groups excluding carboxylic acids is 1. The predicted octanol–water partition coefficient (Wildman–Crippen LogP) is 2.32. The molecule has 4 nitrogen and oxygen atoms in total. The van der Waals surface area contributed by atoms with Crippen LogP contribution in [0.25, 0.3) is 0 Å². The van der Waals surface area contributed by atoms with Crippen LogP contribution in [0.2, 0.25) is 0 Å². The second-order valence-electron chi connectivity index (χ2n) is 3.60. The van der Waals surface area contributed by atoms with Crippen LogP contribution in [0.4, 0.5) is 5.69 Å². The molecule has 0 radical (unpaired) electrons. The molecular formula is C12H16BrNO3. The molecule has 17 heavy (non-hydrogen) atoms. The van der Waals surface area contributed by atoms with Crippen LogP contribution in [0, 0.1) is 0 Å². The minimum Gasteiger partial charge on any atom is -0.369 e. The van der Waals surface area contributed by atoms with Crippen LogP contribution >= 0.6 is 15.9 Å². The SMILES string of the molecule is COC(CN(C)c1cc(Br)ccc1C=O)OC. The van der Waals surface area contributed by atoms with E-state index in [4.69, 9.17) is 9.47 Å². The molecule has 0 unspecified atom stereocenters. The van der Waals surface area contributed by atoms with E-state index < -0.39 is 0 Å². The van der Waals surface area contributed by atoms with E-state index in [2.05, 4.69) is 15.9 Å². The molecule has 0 aliphatic rings. The Balaban J connectivity index is 2.90. The van der Waals surface area contributed by atoms with Gasteiger partial charge in [-0.05, 0) is 18.2 Å². The second kappa shape index (κ2) is 6.74. The van der Waals surface area contributed by atoms with E-state index in [1.54, 1.807) is 20.3 Å². The molecule has 0 aromatic heterocycles. The Kier molecular flexibility index (Phi) is 5.61. The van der Waals surface area contributed by atoms with Gasteiger partial charge in [0, 0.05) is 37.0 Å². The molecule has 0 atom stereocenters. The van der Waals surface area contributed by atoms with E-state index >= 15 is 0 Å². The molecule has 1 rings (SSSR count). The van der Waals surface area contributed by atoms with Crippen molar-refractivity contribution in [2.24, 2.45) is 0 Å². The second-order valence-corrected chi connectivity index (χ2v) is 4.52. The molecular weight excluding hydrogens is 286 g/mol. The Bertz CT molecular complexity index is 380. The minimum absolute atomic E-state index is 0.321. The van der Waals surface area contributed by atoms with Crippen LogP contribution in [-0.2, 0) is 9.47 Å². The Morgan fingerprint density at radius 3 is 2.59 bits per heavy atom. The van der Waals surface area contributed by atoms with Crippen LogP contribution in [0.15, 0.2) is 22.7 Å². The number of aldehydes is 1. The average Bonchev–Trinajstić information content (AvgIpc) is 2.35. The Morgan fingerprint density at radius 2 is 2.06 bits per heavy atom. The van der Waals surface area contributed by atoms with Gasteiger partial charge in [-0.25, -0.2) is 0 Å². The lowest BCUT2D eigenvalue weighted by Gasteiger charge is -2.25. The lowest BCUT2D eigenvalue weighted by Crippen LogP contribution is -2.32. The number of carbonyl (C=O) groups is 1. The maximum absolute atomic E-state index is 11.0. The van der Waals surface area contributed by atoms with Crippen LogP contribution in [0.3, 0.4) is 0 Å². The third-order valence-corrected chi connectivity index (χ3v) is 2.97. The van der Waals surface area contributed by atoms with E-state index in [0.29, 0.717) is 12.1 Å². The average molecular weight is 302 g/mol. The fourth-order valence-corrected chi connectivity index (χ4v) is 1.86. The molecule has 0 heterocycles. The molecule has 0 aliphatic carbocycles. The Morgan fingerprint density at radius 1 is 1.41 bits per heavy atom. The van der Waals surface area contributed by atoms with Gasteiger partial charge in [-0.3, -0.25) is 4.79 Å². The zero-order chi connectivity index (χ0) is 12.8. The summed E-state index contributed by atoms with van der Waals surface area (Å²) in [7, 11) is 5.06. The summed E-state index contributed by atoms with van der Waals surface area (Å²) in [4.78, 5) is 12.9. The fourth-order valence-electron chi connectivity index (χ4n) is 1.51. The van der Waals surface area contributed by atoms with Crippen molar-refractivity contribution in [1.82, 2.24) is 0 Å². The number of likely N-dealkylation sites (N-methyl/N-ethyl adjacent to an activating group) is 1. The monoisotopic (exact) mass is 301 g/mol. The third kappa shape index (κ3) is 3.80. The summed E-state index contributed by atoms with van der Waals surface area (Å²) in [5.41, 5.74) is 1.48. The number of hydrogen-bond acceptors (Lipinski definition) is 4. The number of rotatable bonds is 6. The van der Waals surface area contributed by atoms with Gasteiger partial charge < -0.3 is 14.4 Å². The number of halogens is 1. The van der Waals surface area contributed by atoms with Crippen LogP contribution in [0.1, 0.15) is 10.4 Å². The van der Waals surface area contributed by atoms with Gasteiger partial charge in [0.2, 0.25) is 0 Å². The van der Waals surface area contributed by atoms with E-state index in [9.17, 15) is 4.79 Å². The molecule has 0 amide bonds. The molecule has 0 bridgehead atoms. The van der Waals surface area contributed by atoms with Crippen LogP contribution in [0.5, 0.6) is 0 Å². The predicted molar refractivity (Wildman–Crippen MR) is 70.6 cm³/mol. The summed E-state index contributed by atoms with van der Waals surface area (Å²) in [6, 6.07) is 5.51. The number of ether oxygens (including phenoxy) is 2. The van der Waals surface area contributed by atoms with Gasteiger partial charge in [-0.15, -0.1) is 0 Å². The molecule has 0 fully saturated rings. The standard InChI is InChI=1S/C12H16BrNO3/c1-14(7-12(16-2)17-3)11-6-10(13)5-4-9(11)8-15/h4-6,8,12H,7H2,1-3H3. The molecule has 94 valence electrons. The molecule has 0 N–H and O–H groups in total. The molecule has 0 spiro atoms. The summed E-state index contributed by atoms with van der Waals surface area (Å²) < 4.78 is 11.2. The number of methoxy groups -OCH3 is 2. The number of anilines is 1. The van der Waals surface area contributed by atoms with Crippen molar-refractivity contribution in [2.45, 2.75) is 6.29 Å². The highest BCUT2D eigenvalue weighted by molar-refractivity contribution is 9.10. The lowest BCUT2D eigenvalue weighted by molar-refractivity contribution is -0.0944. The smallest absolute Gasteiger partial charge is 0.174 e. The first-order chi connectivity index (χ1) is 8.12. The van der Waals surface area contributed by atoms with Crippen molar-refractivity contribution in [2.75, 3.05) is 32.7 Å². The zero-order valence-electron chi connectivity index (χ0n) is 10.1. The first kappa shape index (κ1) is 14.2. The van der Waals surface area contributed by atoms with Crippen molar-refractivity contribution in [3.05, 3.63) is 28.2 Å². The summed E-state index contributed by atoms with van der Waals surface area (Å²) in [5, 5.41) is 0. The first-order valence-electron chi connectivity index (χ1n) is 5.13. The van der Waals surface area contributed by atoms with Crippen molar-refractivity contribution in [1.29, 1.82) is 0 Å². The van der Waals surface area contributed by atoms with E-state index in [1.165, 1.54) is 0 Å². The van der Waals surface area contributed by atoms with E-state index in [-0.39, 0.29) is 6.29 Å². The summed E-state index contributed by atoms with van der Waals surface area (Å²) >= 11 is 3.39. The fraction of sp³-hybridized carbons (Fsp3) is 0.417. The minimum atomic E-state index is -0.321. The van der Waals surface area contributed by atoms with Gasteiger partial charge in [0.1, 0.15) is 0 Å². The van der Waals surface area contributed by atoms with E-state index in [0.717, 1.165) is 16.4 Å². The molecule has 1 aromatic rings. The van der Waals surface area contributed by atoms with Gasteiger partial charge in [-0.2, -0.15) is 0 Å². The van der Waals surface area contributed by atoms with Gasteiger partial charge in [-0.1, -0.05) is 15.9 Å². The normalized spacial score (nSPS) is 10.6. The summed E-state index contributed by atoms with van der Waals surface area (Å²) in [6.45, 7) is 0.546. The largest absolute Gasteiger partial charge is 0.369 e. The molecule has 5 heteroatoms. The summed E-state index contributed by atoms with van der Waals surface area (Å²) in [5.74, 6) is 0. The van der Waals surface area contributed by atoms with E-state index in [1.807, 2.05) is 24.1 Å². The van der Waals surface area contributed by atoms with Crippen molar-refractivity contribution in [3.8, 4) is 0 Å². The van der Waals surface area contributed by atoms with Gasteiger partial charge >= 0.3 is 0 Å². The summed E-state index contributed by atoms with van der Waals surface area (Å²) in [6.07, 6.45) is 0.519. The maximum Gasteiger partial charge on any atom is 0.174 e. The van der Waals surface area contributed by atoms with Crippen LogP contribution in [-0.4, -0.2) is 40.4 Å². The number of hydrogen-bond donors (Lipinski definition) is 0. The topological polar surface area (TPSA) is 38.8 Å². The highest BCUT2D eigenvalue weighted by Crippen LogP contribution is 2.23. The third-order valence-electron chi connectivity index (χ3n) is 2.48. The molecule has 1 aromatic carbocycles. The lowest BCUT2D eigenvalue weighted by atomic mass is 10.2. The molecule has 0 aliphatic heterocycles. The quantitative estimate of drug-likeness (QED) is 0.597. The van der Waals surface area contributed by atoms with Crippen molar-refractivity contribution in [3.63, 3.8) is 0 Å². The Hall–Kier alpha value is -0.910. The zero-order valence-corrected chi connectivity index (χ0v) is 11.7. The van der Waals surface area contributed by atoms with Gasteiger partial charge in [0.25, 0.3) is 0 Å². The van der Waals surface area contributed by atoms with Gasteiger partial charge in [0.05, 0.1) is 6.54 Å². The number of benzene rings is 1. The highest BCUT2D eigenvalue weighted by atomic mass is 79.9. The first-order valence-corrected chi connectivity index (χ1v) is 5.93. The van der Waals surface area contributed by atoms with Crippen molar-refractivity contribution < 1.29 is 14.3 Å². The highest BCUT2D eigenvalue weighted by Gasteiger charge is 2.13.